The molecule has 0 spiro atoms. The first-order valence-electron chi connectivity index (χ1n) is 9.16. The van der Waals surface area contributed by atoms with E-state index in [2.05, 4.69) is 53.4 Å². The maximum atomic E-state index is 6.00. The Hall–Kier alpha value is -1.85. The predicted octanol–water partition coefficient (Wildman–Crippen LogP) is 3.16. The number of hydrogen-bond donors (Lipinski definition) is 0. The Morgan fingerprint density at radius 2 is 2.04 bits per heavy atom. The Morgan fingerprint density at radius 3 is 2.84 bits per heavy atom. The van der Waals surface area contributed by atoms with Crippen molar-refractivity contribution in [3.05, 3.63) is 36.3 Å². The summed E-state index contributed by atoms with van der Waals surface area (Å²) in [4.78, 5) is 6.89. The van der Waals surface area contributed by atoms with Crippen LogP contribution >= 0.6 is 0 Å². The average Bonchev–Trinajstić information content (AvgIpc) is 3.17. The molecule has 0 amide bonds. The van der Waals surface area contributed by atoms with E-state index in [0.717, 1.165) is 45.0 Å². The Morgan fingerprint density at radius 1 is 1.24 bits per heavy atom. The highest BCUT2D eigenvalue weighted by Gasteiger charge is 2.30. The van der Waals surface area contributed by atoms with Crippen LogP contribution in [-0.4, -0.2) is 52.9 Å². The summed E-state index contributed by atoms with van der Waals surface area (Å²) in [5.74, 6) is 1.01. The molecule has 5 nitrogen and oxygen atoms in total. The van der Waals surface area contributed by atoms with E-state index in [1.807, 2.05) is 12.5 Å². The average molecular weight is 341 g/mol. The quantitative estimate of drug-likeness (QED) is 0.856. The molecule has 1 fully saturated rings. The molecule has 1 aromatic carbocycles. The SMILES string of the molecule is CC(CN1CCOCC1)n1cncc1-c1ccc2c(c1)CC(C)(C)O2. The largest absolute Gasteiger partial charge is 0.487 e. The molecule has 4 rings (SSSR count). The van der Waals surface area contributed by atoms with Crippen LogP contribution in [0.1, 0.15) is 32.4 Å². The zero-order chi connectivity index (χ0) is 17.4. The van der Waals surface area contributed by atoms with Gasteiger partial charge in [0.05, 0.1) is 31.4 Å². The van der Waals surface area contributed by atoms with Crippen LogP contribution in [0.3, 0.4) is 0 Å². The van der Waals surface area contributed by atoms with Gasteiger partial charge in [0.15, 0.2) is 0 Å². The Kier molecular flexibility index (Phi) is 4.29. The van der Waals surface area contributed by atoms with Crippen LogP contribution in [0.15, 0.2) is 30.7 Å². The molecular formula is C20H27N3O2. The van der Waals surface area contributed by atoms with Crippen molar-refractivity contribution < 1.29 is 9.47 Å². The molecule has 1 saturated heterocycles. The molecule has 1 aromatic heterocycles. The molecule has 2 aliphatic rings. The van der Waals surface area contributed by atoms with Gasteiger partial charge in [-0.15, -0.1) is 0 Å². The summed E-state index contributed by atoms with van der Waals surface area (Å²) in [7, 11) is 0. The summed E-state index contributed by atoms with van der Waals surface area (Å²) in [6.45, 7) is 11.3. The van der Waals surface area contributed by atoms with Crippen molar-refractivity contribution in [2.45, 2.75) is 38.8 Å². The maximum absolute atomic E-state index is 6.00. The third-order valence-electron chi connectivity index (χ3n) is 5.13. The number of hydrogen-bond acceptors (Lipinski definition) is 4. The molecule has 0 bridgehead atoms. The van der Waals surface area contributed by atoms with Gasteiger partial charge in [0.1, 0.15) is 11.4 Å². The number of fused-ring (bicyclic) bond motifs is 1. The van der Waals surface area contributed by atoms with Crippen LogP contribution in [0.2, 0.25) is 0 Å². The molecular weight excluding hydrogens is 314 g/mol. The first kappa shape index (κ1) is 16.6. The van der Waals surface area contributed by atoms with Crippen LogP contribution in [0.25, 0.3) is 11.3 Å². The molecule has 2 aliphatic heterocycles. The van der Waals surface area contributed by atoms with Crippen LogP contribution in [0.4, 0.5) is 0 Å². The molecule has 0 aliphatic carbocycles. The second kappa shape index (κ2) is 6.46. The number of benzene rings is 1. The van der Waals surface area contributed by atoms with Crippen molar-refractivity contribution in [2.24, 2.45) is 0 Å². The molecule has 1 atom stereocenters. The molecule has 134 valence electrons. The second-order valence-electron chi connectivity index (χ2n) is 7.81. The first-order valence-corrected chi connectivity index (χ1v) is 9.16. The molecule has 3 heterocycles. The minimum absolute atomic E-state index is 0.106. The molecule has 2 aromatic rings. The maximum Gasteiger partial charge on any atom is 0.123 e. The highest BCUT2D eigenvalue weighted by atomic mass is 16.5. The van der Waals surface area contributed by atoms with Gasteiger partial charge in [0, 0.05) is 37.7 Å². The monoisotopic (exact) mass is 341 g/mol. The van der Waals surface area contributed by atoms with Crippen molar-refractivity contribution in [1.29, 1.82) is 0 Å². The summed E-state index contributed by atoms with van der Waals surface area (Å²) >= 11 is 0. The van der Waals surface area contributed by atoms with E-state index in [1.54, 1.807) is 0 Å². The van der Waals surface area contributed by atoms with Gasteiger partial charge in [-0.3, -0.25) is 4.90 Å². The summed E-state index contributed by atoms with van der Waals surface area (Å²) < 4.78 is 13.7. The van der Waals surface area contributed by atoms with Crippen LogP contribution in [-0.2, 0) is 11.2 Å². The number of nitrogens with zero attached hydrogens (tertiary/aromatic N) is 3. The fourth-order valence-electron chi connectivity index (χ4n) is 3.89. The normalized spacial score (nSPS) is 20.9. The summed E-state index contributed by atoms with van der Waals surface area (Å²) in [6.07, 6.45) is 4.88. The van der Waals surface area contributed by atoms with Gasteiger partial charge in [0.2, 0.25) is 0 Å². The van der Waals surface area contributed by atoms with Gasteiger partial charge in [-0.25, -0.2) is 4.98 Å². The van der Waals surface area contributed by atoms with E-state index in [4.69, 9.17) is 9.47 Å². The van der Waals surface area contributed by atoms with E-state index in [-0.39, 0.29) is 5.60 Å². The number of ether oxygens (including phenoxy) is 2. The lowest BCUT2D eigenvalue weighted by atomic mass is 9.99. The van der Waals surface area contributed by atoms with Crippen LogP contribution in [0.5, 0.6) is 5.75 Å². The van der Waals surface area contributed by atoms with Crippen molar-refractivity contribution in [3.63, 3.8) is 0 Å². The van der Waals surface area contributed by atoms with Gasteiger partial charge >= 0.3 is 0 Å². The molecule has 0 N–H and O–H groups in total. The third-order valence-corrected chi connectivity index (χ3v) is 5.13. The fraction of sp³-hybridized carbons (Fsp3) is 0.550. The summed E-state index contributed by atoms with van der Waals surface area (Å²) in [5, 5.41) is 0. The zero-order valence-corrected chi connectivity index (χ0v) is 15.4. The Bertz CT molecular complexity index is 747. The Labute approximate surface area is 149 Å². The van der Waals surface area contributed by atoms with Crippen molar-refractivity contribution in [1.82, 2.24) is 14.5 Å². The Balaban J connectivity index is 1.55. The van der Waals surface area contributed by atoms with Crippen molar-refractivity contribution in [3.8, 4) is 17.0 Å². The predicted molar refractivity (Wildman–Crippen MR) is 98.0 cm³/mol. The minimum atomic E-state index is -0.106. The molecule has 1 unspecified atom stereocenters. The van der Waals surface area contributed by atoms with Gasteiger partial charge in [0.25, 0.3) is 0 Å². The number of imidazole rings is 1. The topological polar surface area (TPSA) is 39.5 Å². The standard InChI is InChI=1S/C20H27N3O2/c1-15(13-22-6-8-24-9-7-22)23-14-21-12-18(23)16-4-5-19-17(10-16)11-20(2,3)25-19/h4-5,10,12,14-15H,6-9,11,13H2,1-3H3. The molecule has 25 heavy (non-hydrogen) atoms. The van der Waals surface area contributed by atoms with E-state index >= 15 is 0 Å². The van der Waals surface area contributed by atoms with E-state index in [1.165, 1.54) is 16.8 Å². The van der Waals surface area contributed by atoms with E-state index in [0.29, 0.717) is 6.04 Å². The third kappa shape index (κ3) is 3.44. The zero-order valence-electron chi connectivity index (χ0n) is 15.4. The number of morpholine rings is 1. The fourth-order valence-corrected chi connectivity index (χ4v) is 3.89. The lowest BCUT2D eigenvalue weighted by Gasteiger charge is -2.30. The van der Waals surface area contributed by atoms with Crippen molar-refractivity contribution in [2.75, 3.05) is 32.8 Å². The number of rotatable bonds is 4. The molecule has 5 heteroatoms. The van der Waals surface area contributed by atoms with Gasteiger partial charge in [-0.1, -0.05) is 0 Å². The van der Waals surface area contributed by atoms with E-state index in [9.17, 15) is 0 Å². The summed E-state index contributed by atoms with van der Waals surface area (Å²) in [5.41, 5.74) is 3.57. The van der Waals surface area contributed by atoms with Gasteiger partial charge in [-0.05, 0) is 44.5 Å². The number of aromatic nitrogens is 2. The second-order valence-corrected chi connectivity index (χ2v) is 7.81. The minimum Gasteiger partial charge on any atom is -0.487 e. The lowest BCUT2D eigenvalue weighted by Crippen LogP contribution is -2.39. The van der Waals surface area contributed by atoms with Gasteiger partial charge < -0.3 is 14.0 Å². The van der Waals surface area contributed by atoms with Crippen molar-refractivity contribution >= 4 is 0 Å². The molecule has 0 saturated carbocycles. The highest BCUT2D eigenvalue weighted by Crippen LogP contribution is 2.37. The van der Waals surface area contributed by atoms with Gasteiger partial charge in [-0.2, -0.15) is 0 Å². The first-order chi connectivity index (χ1) is 12.0. The van der Waals surface area contributed by atoms with Crippen LogP contribution < -0.4 is 4.74 Å². The highest BCUT2D eigenvalue weighted by molar-refractivity contribution is 5.63. The lowest BCUT2D eigenvalue weighted by molar-refractivity contribution is 0.0326. The van der Waals surface area contributed by atoms with E-state index < -0.39 is 0 Å². The van der Waals surface area contributed by atoms with Crippen LogP contribution in [0, 0.1) is 0 Å². The summed E-state index contributed by atoms with van der Waals surface area (Å²) in [6, 6.07) is 6.88. The smallest absolute Gasteiger partial charge is 0.123 e. The molecule has 0 radical (unpaired) electrons.